The Bertz CT molecular complexity index is 457. The van der Waals surface area contributed by atoms with Crippen LogP contribution >= 0.6 is 0 Å². The zero-order valence-electron chi connectivity index (χ0n) is 9.30. The minimum atomic E-state index is -0.496. The lowest BCUT2D eigenvalue weighted by Crippen LogP contribution is -1.98. The summed E-state index contributed by atoms with van der Waals surface area (Å²) >= 11 is 0. The minimum absolute atomic E-state index is 0.0643. The van der Waals surface area contributed by atoms with E-state index < -0.39 is 6.67 Å². The van der Waals surface area contributed by atoms with Crippen LogP contribution in [-0.2, 0) is 0 Å². The van der Waals surface area contributed by atoms with E-state index >= 15 is 0 Å². The number of rotatable bonds is 5. The molecule has 0 N–H and O–H groups in total. The van der Waals surface area contributed by atoms with E-state index in [0.29, 0.717) is 11.5 Å². The first-order valence-electron chi connectivity index (χ1n) is 5.40. The van der Waals surface area contributed by atoms with Gasteiger partial charge in [0.25, 0.3) is 0 Å². The molecule has 0 aliphatic carbocycles. The van der Waals surface area contributed by atoms with Gasteiger partial charge in [-0.05, 0) is 24.3 Å². The predicted molar refractivity (Wildman–Crippen MR) is 64.4 cm³/mol. The van der Waals surface area contributed by atoms with E-state index in [0.717, 1.165) is 5.75 Å². The zero-order valence-corrected chi connectivity index (χ0v) is 9.30. The fourth-order valence-electron chi connectivity index (χ4n) is 1.41. The average molecular weight is 232 g/mol. The van der Waals surface area contributed by atoms with Gasteiger partial charge in [-0.3, -0.25) is 0 Å². The lowest BCUT2D eigenvalue weighted by Gasteiger charge is -2.08. The van der Waals surface area contributed by atoms with E-state index in [1.165, 1.54) is 0 Å². The van der Waals surface area contributed by atoms with E-state index in [-0.39, 0.29) is 6.61 Å². The largest absolute Gasteiger partial charge is 0.491 e. The highest BCUT2D eigenvalue weighted by atomic mass is 19.1. The van der Waals surface area contributed by atoms with Crippen molar-refractivity contribution in [3.05, 3.63) is 54.6 Å². The third kappa shape index (κ3) is 3.48. The molecule has 0 atom stereocenters. The molecule has 2 aromatic carbocycles. The number of alkyl halides is 1. The van der Waals surface area contributed by atoms with Gasteiger partial charge in [-0.2, -0.15) is 0 Å². The number of benzene rings is 2. The Kier molecular flexibility index (Phi) is 3.97. The molecule has 0 saturated heterocycles. The van der Waals surface area contributed by atoms with Gasteiger partial charge in [0, 0.05) is 6.07 Å². The summed E-state index contributed by atoms with van der Waals surface area (Å²) in [7, 11) is 0. The van der Waals surface area contributed by atoms with Gasteiger partial charge in [0.2, 0.25) is 0 Å². The van der Waals surface area contributed by atoms with Crippen molar-refractivity contribution in [3.8, 4) is 17.2 Å². The summed E-state index contributed by atoms with van der Waals surface area (Å²) in [5.74, 6) is 2.04. The molecule has 0 heterocycles. The standard InChI is InChI=1S/C14H13FO2/c15-9-10-16-13-7-4-8-14(11-13)17-12-5-2-1-3-6-12/h1-8,11H,9-10H2. The molecular weight excluding hydrogens is 219 g/mol. The summed E-state index contributed by atoms with van der Waals surface area (Å²) < 4.78 is 22.8. The van der Waals surface area contributed by atoms with E-state index in [1.807, 2.05) is 42.5 Å². The lowest BCUT2D eigenvalue weighted by molar-refractivity contribution is 0.272. The number of hydrogen-bond donors (Lipinski definition) is 0. The van der Waals surface area contributed by atoms with Crippen molar-refractivity contribution in [2.75, 3.05) is 13.3 Å². The monoisotopic (exact) mass is 232 g/mol. The summed E-state index contributed by atoms with van der Waals surface area (Å²) in [6, 6.07) is 16.6. The van der Waals surface area contributed by atoms with Gasteiger partial charge < -0.3 is 9.47 Å². The zero-order chi connectivity index (χ0) is 11.9. The maximum Gasteiger partial charge on any atom is 0.131 e. The Balaban J connectivity index is 2.06. The molecule has 2 rings (SSSR count). The number of hydrogen-bond acceptors (Lipinski definition) is 2. The molecule has 0 saturated carbocycles. The molecule has 0 aliphatic rings. The van der Waals surface area contributed by atoms with Crippen LogP contribution in [0.1, 0.15) is 0 Å². The van der Waals surface area contributed by atoms with Crippen LogP contribution in [-0.4, -0.2) is 13.3 Å². The molecule has 3 heteroatoms. The van der Waals surface area contributed by atoms with Gasteiger partial charge in [0.1, 0.15) is 30.5 Å². The highest BCUT2D eigenvalue weighted by Crippen LogP contribution is 2.24. The van der Waals surface area contributed by atoms with E-state index in [2.05, 4.69) is 0 Å². The molecule has 0 unspecified atom stereocenters. The Morgan fingerprint density at radius 3 is 2.29 bits per heavy atom. The Labute approximate surface area is 99.6 Å². The van der Waals surface area contributed by atoms with Crippen molar-refractivity contribution in [1.82, 2.24) is 0 Å². The smallest absolute Gasteiger partial charge is 0.131 e. The van der Waals surface area contributed by atoms with E-state index in [4.69, 9.17) is 9.47 Å². The van der Waals surface area contributed by atoms with Crippen molar-refractivity contribution in [2.45, 2.75) is 0 Å². The third-order valence-electron chi connectivity index (χ3n) is 2.13. The maximum absolute atomic E-state index is 12.0. The highest BCUT2D eigenvalue weighted by molar-refractivity contribution is 5.36. The van der Waals surface area contributed by atoms with Crippen LogP contribution in [0.4, 0.5) is 4.39 Å². The van der Waals surface area contributed by atoms with Crippen molar-refractivity contribution >= 4 is 0 Å². The molecular formula is C14H13FO2. The molecule has 2 aromatic rings. The molecule has 0 aromatic heterocycles. The van der Waals surface area contributed by atoms with Crippen LogP contribution in [0, 0.1) is 0 Å². The first-order valence-corrected chi connectivity index (χ1v) is 5.40. The van der Waals surface area contributed by atoms with E-state index in [9.17, 15) is 4.39 Å². The van der Waals surface area contributed by atoms with Gasteiger partial charge in [0.15, 0.2) is 0 Å². The first kappa shape index (κ1) is 11.5. The summed E-state index contributed by atoms with van der Waals surface area (Å²) in [5.41, 5.74) is 0. The number of halogens is 1. The second-order valence-electron chi connectivity index (χ2n) is 3.43. The lowest BCUT2D eigenvalue weighted by atomic mass is 10.3. The number of ether oxygens (including phenoxy) is 2. The summed E-state index contributed by atoms with van der Waals surface area (Å²) in [5, 5.41) is 0. The second kappa shape index (κ2) is 5.89. The van der Waals surface area contributed by atoms with Gasteiger partial charge >= 0.3 is 0 Å². The molecule has 17 heavy (non-hydrogen) atoms. The van der Waals surface area contributed by atoms with Crippen molar-refractivity contribution < 1.29 is 13.9 Å². The normalized spacial score (nSPS) is 9.94. The van der Waals surface area contributed by atoms with Gasteiger partial charge in [-0.15, -0.1) is 0 Å². The molecule has 0 amide bonds. The molecule has 0 aliphatic heterocycles. The Hall–Kier alpha value is -2.03. The highest BCUT2D eigenvalue weighted by Gasteiger charge is 1.99. The van der Waals surface area contributed by atoms with Crippen molar-refractivity contribution in [3.63, 3.8) is 0 Å². The molecule has 0 radical (unpaired) electrons. The molecule has 2 nitrogen and oxygen atoms in total. The maximum atomic E-state index is 12.0. The quantitative estimate of drug-likeness (QED) is 0.780. The van der Waals surface area contributed by atoms with Crippen LogP contribution in [0.25, 0.3) is 0 Å². The Morgan fingerprint density at radius 2 is 1.53 bits per heavy atom. The topological polar surface area (TPSA) is 18.5 Å². The fraction of sp³-hybridized carbons (Fsp3) is 0.143. The van der Waals surface area contributed by atoms with Crippen molar-refractivity contribution in [1.29, 1.82) is 0 Å². The fourth-order valence-corrected chi connectivity index (χ4v) is 1.41. The van der Waals surface area contributed by atoms with Crippen LogP contribution in [0.15, 0.2) is 54.6 Å². The summed E-state index contributed by atoms with van der Waals surface area (Å²) in [6.07, 6.45) is 0. The first-order chi connectivity index (χ1) is 8.38. The predicted octanol–water partition coefficient (Wildman–Crippen LogP) is 3.83. The van der Waals surface area contributed by atoms with Crippen LogP contribution in [0.5, 0.6) is 17.2 Å². The van der Waals surface area contributed by atoms with Gasteiger partial charge in [0.05, 0.1) is 0 Å². The summed E-state index contributed by atoms with van der Waals surface area (Å²) in [6.45, 7) is -0.432. The molecule has 0 fully saturated rings. The SMILES string of the molecule is FCCOc1cccc(Oc2ccccc2)c1. The van der Waals surface area contributed by atoms with Crippen LogP contribution in [0.3, 0.4) is 0 Å². The molecule has 88 valence electrons. The summed E-state index contributed by atoms with van der Waals surface area (Å²) in [4.78, 5) is 0. The molecule has 0 spiro atoms. The third-order valence-corrected chi connectivity index (χ3v) is 2.13. The second-order valence-corrected chi connectivity index (χ2v) is 3.43. The van der Waals surface area contributed by atoms with Gasteiger partial charge in [-0.1, -0.05) is 24.3 Å². The van der Waals surface area contributed by atoms with Crippen LogP contribution in [0.2, 0.25) is 0 Å². The van der Waals surface area contributed by atoms with Crippen molar-refractivity contribution in [2.24, 2.45) is 0 Å². The minimum Gasteiger partial charge on any atom is -0.491 e. The van der Waals surface area contributed by atoms with Crippen LogP contribution < -0.4 is 9.47 Å². The Morgan fingerprint density at radius 1 is 0.824 bits per heavy atom. The van der Waals surface area contributed by atoms with E-state index in [1.54, 1.807) is 12.1 Å². The average Bonchev–Trinajstić information content (AvgIpc) is 2.38. The van der Waals surface area contributed by atoms with Gasteiger partial charge in [-0.25, -0.2) is 4.39 Å². The molecule has 0 bridgehead atoms. The number of para-hydroxylation sites is 1.